The molecule has 13 heteroatoms. The highest BCUT2D eigenvalue weighted by Crippen LogP contribution is 2.26. The zero-order valence-electron chi connectivity index (χ0n) is 46.4. The normalized spacial score (nSPS) is 19.4. The fourth-order valence-corrected chi connectivity index (χ4v) is 9.12. The van der Waals surface area contributed by atoms with Crippen molar-refractivity contribution in [1.29, 1.82) is 0 Å². The van der Waals surface area contributed by atoms with E-state index in [1.54, 1.807) is 0 Å². The van der Waals surface area contributed by atoms with Crippen molar-refractivity contribution in [2.24, 2.45) is 0 Å². The van der Waals surface area contributed by atoms with Crippen molar-refractivity contribution in [1.82, 2.24) is 0 Å². The molecule has 74 heavy (non-hydrogen) atoms. The van der Waals surface area contributed by atoms with Crippen LogP contribution in [0.3, 0.4) is 0 Å². The Kier molecular flexibility index (Phi) is 47.8. The van der Waals surface area contributed by atoms with E-state index in [2.05, 4.69) is 103 Å². The fraction of sp³-hybridized carbons (Fsp3) is 0.754. The van der Waals surface area contributed by atoms with Gasteiger partial charge in [-0.3, -0.25) is 9.35 Å². The second-order valence-corrected chi connectivity index (χ2v) is 20.9. The lowest BCUT2D eigenvalue weighted by molar-refractivity contribution is -0.301. The third-order valence-electron chi connectivity index (χ3n) is 13.0. The molecule has 0 aromatic rings. The summed E-state index contributed by atoms with van der Waals surface area (Å²) in [5.74, 6) is -0.407. The summed E-state index contributed by atoms with van der Waals surface area (Å²) < 4.78 is 59.5. The topological polar surface area (TPSA) is 178 Å². The highest BCUT2D eigenvalue weighted by atomic mass is 32.3. The maximum Gasteiger partial charge on any atom is 0.397 e. The lowest BCUT2D eigenvalue weighted by Crippen LogP contribution is -2.60. The third kappa shape index (κ3) is 43.4. The monoisotopic (exact) mass is 1060 g/mol. The third-order valence-corrected chi connectivity index (χ3v) is 13.5. The first kappa shape index (κ1) is 69.3. The maximum atomic E-state index is 13.0. The number of unbranched alkanes of at least 4 members (excludes halogenated alkanes) is 24. The molecule has 0 radical (unpaired) electrons. The Balaban J connectivity index is 2.31. The lowest BCUT2D eigenvalue weighted by Gasteiger charge is -2.41. The largest absolute Gasteiger partial charge is 0.457 e. The van der Waals surface area contributed by atoms with E-state index in [1.807, 2.05) is 0 Å². The minimum absolute atomic E-state index is 0.0266. The predicted molar refractivity (Wildman–Crippen MR) is 303 cm³/mol. The van der Waals surface area contributed by atoms with Gasteiger partial charge in [0.2, 0.25) is 0 Å². The van der Waals surface area contributed by atoms with E-state index in [0.29, 0.717) is 13.0 Å². The Bertz CT molecular complexity index is 1600. The Hall–Kier alpha value is -2.72. The van der Waals surface area contributed by atoms with Crippen LogP contribution in [0.25, 0.3) is 0 Å². The number of carbonyl (C=O) groups excluding carboxylic acids is 1. The maximum absolute atomic E-state index is 13.0. The van der Waals surface area contributed by atoms with Crippen LogP contribution in [0.1, 0.15) is 232 Å². The van der Waals surface area contributed by atoms with Crippen molar-refractivity contribution in [3.8, 4) is 0 Å². The molecule has 1 heterocycles. The van der Waals surface area contributed by atoms with Crippen LogP contribution in [-0.4, -0.2) is 97.5 Å². The second kappa shape index (κ2) is 51.1. The van der Waals surface area contributed by atoms with Gasteiger partial charge in [0.1, 0.15) is 30.5 Å². The van der Waals surface area contributed by atoms with Crippen LogP contribution in [0.4, 0.5) is 0 Å². The molecule has 0 aliphatic carbocycles. The molecule has 0 bridgehead atoms. The van der Waals surface area contributed by atoms with Gasteiger partial charge in [-0.25, -0.2) is 4.18 Å². The second-order valence-electron chi connectivity index (χ2n) is 19.8. The molecule has 0 aromatic carbocycles. The average Bonchev–Trinajstić information content (AvgIpc) is 3.38. The van der Waals surface area contributed by atoms with E-state index in [1.165, 1.54) is 116 Å². The van der Waals surface area contributed by atoms with E-state index in [-0.39, 0.29) is 19.6 Å². The molecule has 428 valence electrons. The minimum Gasteiger partial charge on any atom is -0.457 e. The molecule has 0 amide bonds. The number of esters is 1. The van der Waals surface area contributed by atoms with Crippen molar-refractivity contribution in [3.05, 3.63) is 85.1 Å². The summed E-state index contributed by atoms with van der Waals surface area (Å²) in [7, 11) is -5.07. The number of aliphatic hydroxyl groups excluding tert-OH is 3. The van der Waals surface area contributed by atoms with Crippen molar-refractivity contribution in [2.45, 2.75) is 269 Å². The van der Waals surface area contributed by atoms with E-state index >= 15 is 0 Å². The zero-order valence-corrected chi connectivity index (χ0v) is 47.2. The van der Waals surface area contributed by atoms with Gasteiger partial charge in [0, 0.05) is 13.0 Å². The molecule has 1 fully saturated rings. The Morgan fingerprint density at radius 3 is 1.36 bits per heavy atom. The van der Waals surface area contributed by atoms with Gasteiger partial charge in [-0.15, -0.1) is 0 Å². The van der Waals surface area contributed by atoms with Crippen molar-refractivity contribution < 1.29 is 56.2 Å². The molecule has 1 rings (SSSR count). The molecule has 1 aliphatic heterocycles. The van der Waals surface area contributed by atoms with Crippen LogP contribution in [0, 0.1) is 0 Å². The van der Waals surface area contributed by atoms with E-state index in [9.17, 15) is 33.1 Å². The fourth-order valence-electron chi connectivity index (χ4n) is 8.61. The number of ether oxygens (including phenoxy) is 4. The minimum atomic E-state index is -5.07. The summed E-state index contributed by atoms with van der Waals surface area (Å²) in [6, 6.07) is 0. The van der Waals surface area contributed by atoms with Crippen molar-refractivity contribution in [2.75, 3.05) is 26.4 Å². The van der Waals surface area contributed by atoms with Gasteiger partial charge in [-0.05, 0) is 89.9 Å². The summed E-state index contributed by atoms with van der Waals surface area (Å²) in [6.45, 7) is 3.87. The van der Waals surface area contributed by atoms with Gasteiger partial charge in [0.25, 0.3) is 0 Å². The SMILES string of the molecule is CC/C=C\C/C=C\C/C=C\C/C=C\CCCCCCCCCCCCC(=O)OC(COCCCCCCCCCCC/C=C\C/C=C\C/C=C\CCCCCCC)COC1OC(CO)C(O)C(OS(=O)(=O)O)C1O. The Labute approximate surface area is 451 Å². The van der Waals surface area contributed by atoms with Crippen LogP contribution >= 0.6 is 0 Å². The van der Waals surface area contributed by atoms with E-state index in [4.69, 9.17) is 18.9 Å². The lowest BCUT2D eigenvalue weighted by atomic mass is 9.99. The molecule has 1 saturated heterocycles. The summed E-state index contributed by atoms with van der Waals surface area (Å²) >= 11 is 0. The summed E-state index contributed by atoms with van der Waals surface area (Å²) in [6.07, 6.45) is 60.4. The Morgan fingerprint density at radius 1 is 0.527 bits per heavy atom. The van der Waals surface area contributed by atoms with Gasteiger partial charge in [-0.1, -0.05) is 221 Å². The molecule has 0 spiro atoms. The van der Waals surface area contributed by atoms with Crippen LogP contribution in [0.2, 0.25) is 0 Å². The van der Waals surface area contributed by atoms with Crippen LogP contribution in [0.5, 0.6) is 0 Å². The molecule has 12 nitrogen and oxygen atoms in total. The van der Waals surface area contributed by atoms with Crippen LogP contribution < -0.4 is 0 Å². The summed E-state index contributed by atoms with van der Waals surface area (Å²) in [4.78, 5) is 13.0. The first-order valence-electron chi connectivity index (χ1n) is 29.3. The van der Waals surface area contributed by atoms with E-state index in [0.717, 1.165) is 89.9 Å². The molecule has 1 aliphatic rings. The standard InChI is InChI=1S/C61H106O12S/c1-3-5-7-9-11-13-15-17-19-21-23-25-27-29-31-33-35-37-39-41-43-45-47-49-51-69-53-55(54-70-61-59(65)60(73-74(66,67)68)58(64)56(52-62)72-61)71-57(63)50-48-46-44-42-40-38-36-34-32-30-28-26-24-22-20-18-16-14-12-10-8-6-4-2/h6,8,12,14-15,17-18,20-21,23-24,26-27,29,55-56,58-62,64-65H,3-5,7,9-11,13,16,19,22,25,28,30-54H2,1-2H3,(H,66,67,68)/b8-6-,14-12-,17-15-,20-18-,23-21-,26-24-,29-27-. The van der Waals surface area contributed by atoms with E-state index < -0.39 is 59.8 Å². The summed E-state index contributed by atoms with van der Waals surface area (Å²) in [5.41, 5.74) is 0. The van der Waals surface area contributed by atoms with Crippen molar-refractivity contribution in [3.63, 3.8) is 0 Å². The smallest absolute Gasteiger partial charge is 0.397 e. The van der Waals surface area contributed by atoms with Gasteiger partial charge in [0.15, 0.2) is 6.29 Å². The number of rotatable bonds is 51. The highest BCUT2D eigenvalue weighted by molar-refractivity contribution is 7.80. The first-order valence-corrected chi connectivity index (χ1v) is 30.7. The molecule has 4 N–H and O–H groups in total. The molecule has 0 aromatic heterocycles. The average molecular weight is 1060 g/mol. The van der Waals surface area contributed by atoms with Crippen LogP contribution in [0.15, 0.2) is 85.1 Å². The molecule has 0 saturated carbocycles. The van der Waals surface area contributed by atoms with Gasteiger partial charge >= 0.3 is 16.4 Å². The van der Waals surface area contributed by atoms with Crippen LogP contribution in [-0.2, 0) is 38.3 Å². The predicted octanol–water partition coefficient (Wildman–Crippen LogP) is 14.8. The number of aliphatic hydroxyl groups is 3. The first-order chi connectivity index (χ1) is 36.1. The molecule has 6 unspecified atom stereocenters. The Morgan fingerprint density at radius 2 is 0.932 bits per heavy atom. The quantitative estimate of drug-likeness (QED) is 0.0196. The highest BCUT2D eigenvalue weighted by Gasteiger charge is 2.48. The number of allylic oxidation sites excluding steroid dienone is 14. The van der Waals surface area contributed by atoms with Gasteiger partial charge in [0.05, 0.1) is 19.8 Å². The molecular weight excluding hydrogens is 957 g/mol. The van der Waals surface area contributed by atoms with Crippen molar-refractivity contribution >= 4 is 16.4 Å². The number of hydrogen-bond acceptors (Lipinski definition) is 11. The van der Waals surface area contributed by atoms with Gasteiger partial charge < -0.3 is 34.3 Å². The number of hydrogen-bond donors (Lipinski definition) is 4. The molecule has 6 atom stereocenters. The number of carbonyl (C=O) groups is 1. The summed E-state index contributed by atoms with van der Waals surface area (Å²) in [5, 5.41) is 30.9. The van der Waals surface area contributed by atoms with Gasteiger partial charge in [-0.2, -0.15) is 8.42 Å². The molecular formula is C61H106O12S. The zero-order chi connectivity index (χ0) is 53.8.